The van der Waals surface area contributed by atoms with Gasteiger partial charge in [0.05, 0.1) is 0 Å². The summed E-state index contributed by atoms with van der Waals surface area (Å²) in [5, 5.41) is 5.51. The van der Waals surface area contributed by atoms with Crippen LogP contribution < -0.4 is 10.6 Å². The fraction of sp³-hybridized carbons (Fsp3) is 0.222. The zero-order chi connectivity index (χ0) is 16.2. The van der Waals surface area contributed by atoms with Gasteiger partial charge in [0.15, 0.2) is 11.5 Å². The summed E-state index contributed by atoms with van der Waals surface area (Å²) in [5.74, 6) is 0.667. The number of hydrogen-bond donors (Lipinski definition) is 2. The second-order valence-corrected chi connectivity index (χ2v) is 5.44. The molecule has 0 spiro atoms. The van der Waals surface area contributed by atoms with Crippen molar-refractivity contribution in [3.05, 3.63) is 59.5 Å². The summed E-state index contributed by atoms with van der Waals surface area (Å²) < 4.78 is 5.80. The van der Waals surface area contributed by atoms with E-state index in [1.807, 2.05) is 56.3 Å². The standard InChI is InChI=1S/C18H19N3O2/c1-3-19-18(22)20-14-6-4-5-13(10-14)11-17-21-15-8-7-12(2)9-16(15)23-17/h4-10H,3,11H2,1-2H3,(H2,19,20,22). The van der Waals surface area contributed by atoms with Gasteiger partial charge in [-0.25, -0.2) is 9.78 Å². The number of amides is 2. The number of aryl methyl sites for hydroxylation is 1. The molecule has 3 aromatic rings. The van der Waals surface area contributed by atoms with Gasteiger partial charge in [-0.3, -0.25) is 0 Å². The molecule has 0 radical (unpaired) electrons. The average Bonchev–Trinajstić information content (AvgIpc) is 2.89. The Balaban J connectivity index is 1.77. The van der Waals surface area contributed by atoms with E-state index in [2.05, 4.69) is 15.6 Å². The van der Waals surface area contributed by atoms with Crippen LogP contribution in [-0.2, 0) is 6.42 Å². The largest absolute Gasteiger partial charge is 0.440 e. The zero-order valence-electron chi connectivity index (χ0n) is 13.2. The van der Waals surface area contributed by atoms with Crippen molar-refractivity contribution in [2.75, 3.05) is 11.9 Å². The molecule has 2 amide bonds. The monoisotopic (exact) mass is 309 g/mol. The maximum Gasteiger partial charge on any atom is 0.319 e. The molecular formula is C18H19N3O2. The minimum atomic E-state index is -0.206. The minimum absolute atomic E-state index is 0.206. The molecule has 0 saturated carbocycles. The number of aromatic nitrogens is 1. The normalized spacial score (nSPS) is 10.7. The van der Waals surface area contributed by atoms with Crippen molar-refractivity contribution in [1.82, 2.24) is 10.3 Å². The molecule has 5 heteroatoms. The van der Waals surface area contributed by atoms with Crippen molar-refractivity contribution in [1.29, 1.82) is 0 Å². The fourth-order valence-corrected chi connectivity index (χ4v) is 2.42. The van der Waals surface area contributed by atoms with E-state index in [1.54, 1.807) is 0 Å². The smallest absolute Gasteiger partial charge is 0.319 e. The lowest BCUT2D eigenvalue weighted by molar-refractivity contribution is 0.252. The van der Waals surface area contributed by atoms with Gasteiger partial charge in [0.1, 0.15) is 5.52 Å². The van der Waals surface area contributed by atoms with Gasteiger partial charge in [0, 0.05) is 18.7 Å². The highest BCUT2D eigenvalue weighted by molar-refractivity contribution is 5.89. The molecule has 0 fully saturated rings. The topological polar surface area (TPSA) is 67.2 Å². The highest BCUT2D eigenvalue weighted by atomic mass is 16.3. The Morgan fingerprint density at radius 3 is 2.91 bits per heavy atom. The van der Waals surface area contributed by atoms with E-state index < -0.39 is 0 Å². The molecule has 1 aromatic heterocycles. The van der Waals surface area contributed by atoms with Gasteiger partial charge in [-0.05, 0) is 49.2 Å². The van der Waals surface area contributed by atoms with E-state index in [4.69, 9.17) is 4.42 Å². The quantitative estimate of drug-likeness (QED) is 0.769. The van der Waals surface area contributed by atoms with Crippen LogP contribution in [0.25, 0.3) is 11.1 Å². The van der Waals surface area contributed by atoms with Gasteiger partial charge >= 0.3 is 6.03 Å². The molecule has 23 heavy (non-hydrogen) atoms. The molecule has 118 valence electrons. The van der Waals surface area contributed by atoms with Crippen LogP contribution in [0.1, 0.15) is 23.9 Å². The zero-order valence-corrected chi connectivity index (χ0v) is 13.2. The van der Waals surface area contributed by atoms with Gasteiger partial charge in [-0.1, -0.05) is 18.2 Å². The van der Waals surface area contributed by atoms with E-state index in [1.165, 1.54) is 0 Å². The first-order valence-corrected chi connectivity index (χ1v) is 7.64. The predicted molar refractivity (Wildman–Crippen MR) is 90.7 cm³/mol. The number of anilines is 1. The lowest BCUT2D eigenvalue weighted by Crippen LogP contribution is -2.28. The number of fused-ring (bicyclic) bond motifs is 1. The van der Waals surface area contributed by atoms with Crippen LogP contribution in [0.2, 0.25) is 0 Å². The Kier molecular flexibility index (Phi) is 4.28. The van der Waals surface area contributed by atoms with Gasteiger partial charge in [-0.2, -0.15) is 0 Å². The first-order valence-electron chi connectivity index (χ1n) is 7.64. The molecule has 0 atom stereocenters. The second kappa shape index (κ2) is 6.52. The van der Waals surface area contributed by atoms with Crippen LogP contribution >= 0.6 is 0 Å². The van der Waals surface area contributed by atoms with Crippen molar-refractivity contribution in [2.45, 2.75) is 20.3 Å². The predicted octanol–water partition coefficient (Wildman–Crippen LogP) is 3.87. The Hall–Kier alpha value is -2.82. The number of carbonyl (C=O) groups is 1. The van der Waals surface area contributed by atoms with Gasteiger partial charge in [-0.15, -0.1) is 0 Å². The second-order valence-electron chi connectivity index (χ2n) is 5.44. The summed E-state index contributed by atoms with van der Waals surface area (Å²) in [5.41, 5.74) is 4.59. The Morgan fingerprint density at radius 2 is 2.09 bits per heavy atom. The molecule has 2 aromatic carbocycles. The van der Waals surface area contributed by atoms with E-state index in [-0.39, 0.29) is 6.03 Å². The molecule has 3 rings (SSSR count). The van der Waals surface area contributed by atoms with Crippen LogP contribution in [0.4, 0.5) is 10.5 Å². The van der Waals surface area contributed by atoms with Crippen molar-refractivity contribution in [3.63, 3.8) is 0 Å². The lowest BCUT2D eigenvalue weighted by atomic mass is 10.1. The maximum absolute atomic E-state index is 11.6. The molecule has 1 heterocycles. The molecular weight excluding hydrogens is 290 g/mol. The third kappa shape index (κ3) is 3.69. The van der Waals surface area contributed by atoms with Crippen LogP contribution in [0.5, 0.6) is 0 Å². The first kappa shape index (κ1) is 15.1. The summed E-state index contributed by atoms with van der Waals surface area (Å²) in [7, 11) is 0. The van der Waals surface area contributed by atoms with Gasteiger partial charge in [0.25, 0.3) is 0 Å². The van der Waals surface area contributed by atoms with Crippen molar-refractivity contribution < 1.29 is 9.21 Å². The Labute approximate surface area is 134 Å². The van der Waals surface area contributed by atoms with Crippen molar-refractivity contribution in [3.8, 4) is 0 Å². The molecule has 0 unspecified atom stereocenters. The lowest BCUT2D eigenvalue weighted by Gasteiger charge is -2.07. The highest BCUT2D eigenvalue weighted by Crippen LogP contribution is 2.20. The third-order valence-corrected chi connectivity index (χ3v) is 3.47. The van der Waals surface area contributed by atoms with Gasteiger partial charge < -0.3 is 15.1 Å². The van der Waals surface area contributed by atoms with E-state index in [0.717, 1.165) is 27.9 Å². The fourth-order valence-electron chi connectivity index (χ4n) is 2.42. The van der Waals surface area contributed by atoms with Crippen LogP contribution in [0.3, 0.4) is 0 Å². The number of oxazole rings is 1. The summed E-state index contributed by atoms with van der Waals surface area (Å²) >= 11 is 0. The van der Waals surface area contributed by atoms with Gasteiger partial charge in [0.2, 0.25) is 0 Å². The molecule has 0 saturated heterocycles. The number of nitrogens with zero attached hydrogens (tertiary/aromatic N) is 1. The van der Waals surface area contributed by atoms with E-state index in [9.17, 15) is 4.79 Å². The van der Waals surface area contributed by atoms with Crippen LogP contribution in [-0.4, -0.2) is 17.6 Å². The minimum Gasteiger partial charge on any atom is -0.440 e. The van der Waals surface area contributed by atoms with Crippen molar-refractivity contribution >= 4 is 22.8 Å². The Bertz CT molecular complexity index is 839. The maximum atomic E-state index is 11.6. The van der Waals surface area contributed by atoms with Crippen LogP contribution in [0.15, 0.2) is 46.9 Å². The summed E-state index contributed by atoms with van der Waals surface area (Å²) in [4.78, 5) is 16.1. The third-order valence-electron chi connectivity index (χ3n) is 3.47. The summed E-state index contributed by atoms with van der Waals surface area (Å²) in [6.45, 7) is 4.50. The Morgan fingerprint density at radius 1 is 1.22 bits per heavy atom. The number of urea groups is 1. The highest BCUT2D eigenvalue weighted by Gasteiger charge is 2.08. The SMILES string of the molecule is CCNC(=O)Nc1cccc(Cc2nc3ccc(C)cc3o2)c1. The average molecular weight is 309 g/mol. The molecule has 2 N–H and O–H groups in total. The van der Waals surface area contributed by atoms with E-state index >= 15 is 0 Å². The molecule has 0 aliphatic heterocycles. The first-order chi connectivity index (χ1) is 11.1. The number of hydrogen-bond acceptors (Lipinski definition) is 3. The number of carbonyl (C=O) groups excluding carboxylic acids is 1. The summed E-state index contributed by atoms with van der Waals surface area (Å²) in [6, 6.07) is 13.4. The summed E-state index contributed by atoms with van der Waals surface area (Å²) in [6.07, 6.45) is 0.582. The van der Waals surface area contributed by atoms with E-state index in [0.29, 0.717) is 18.9 Å². The van der Waals surface area contributed by atoms with Crippen molar-refractivity contribution in [2.24, 2.45) is 0 Å². The molecule has 0 aliphatic carbocycles. The molecule has 0 bridgehead atoms. The number of nitrogens with one attached hydrogen (secondary N) is 2. The molecule has 5 nitrogen and oxygen atoms in total. The number of rotatable bonds is 4. The van der Waals surface area contributed by atoms with Crippen LogP contribution in [0, 0.1) is 6.92 Å². The number of benzene rings is 2. The molecule has 0 aliphatic rings.